The first-order valence-electron chi connectivity index (χ1n) is 8.85. The van der Waals surface area contributed by atoms with Crippen molar-refractivity contribution in [3.8, 4) is 11.8 Å². The van der Waals surface area contributed by atoms with E-state index in [1.54, 1.807) is 36.3 Å². The van der Waals surface area contributed by atoms with E-state index in [-0.39, 0.29) is 18.3 Å². The Kier molecular flexibility index (Phi) is 7.57. The molecule has 0 unspecified atom stereocenters. The van der Waals surface area contributed by atoms with Crippen LogP contribution in [0.1, 0.15) is 21.5 Å². The Morgan fingerprint density at radius 1 is 1.17 bits per heavy atom. The van der Waals surface area contributed by atoms with Crippen molar-refractivity contribution in [1.82, 2.24) is 9.88 Å². The Balaban J connectivity index is 0.00000300. The number of rotatable bonds is 6. The Bertz CT molecular complexity index is 1040. The van der Waals surface area contributed by atoms with Crippen molar-refractivity contribution in [1.29, 1.82) is 5.26 Å². The number of likely N-dealkylation sites (N-methyl/N-ethyl adjacent to an activating group) is 1. The third-order valence-electron chi connectivity index (χ3n) is 4.42. The summed E-state index contributed by atoms with van der Waals surface area (Å²) in [6.07, 6.45) is 0. The fraction of sp³-hybridized carbons (Fsp3) is 0.286. The Labute approximate surface area is 180 Å². The molecule has 3 rings (SSSR count). The highest BCUT2D eigenvalue weighted by atomic mass is 35.5. The van der Waals surface area contributed by atoms with Crippen LogP contribution in [0, 0.1) is 18.3 Å². The van der Waals surface area contributed by atoms with Crippen LogP contribution in [-0.4, -0.2) is 50.1 Å². The van der Waals surface area contributed by atoms with Gasteiger partial charge in [0.25, 0.3) is 5.91 Å². The number of thiazole rings is 1. The number of carbonyl (C=O) groups is 1. The third-order valence-corrected chi connectivity index (χ3v) is 5.63. The number of hydrogen-bond acceptors (Lipinski definition) is 6. The minimum Gasteiger partial charge on any atom is -0.494 e. The van der Waals surface area contributed by atoms with Gasteiger partial charge in [-0.15, -0.1) is 12.4 Å². The maximum Gasteiger partial charge on any atom is 0.260 e. The number of fused-ring (bicyclic) bond motifs is 1. The molecule has 8 heteroatoms. The van der Waals surface area contributed by atoms with Crippen molar-refractivity contribution < 1.29 is 9.53 Å². The maximum absolute atomic E-state index is 13.2. The molecule has 0 saturated heterocycles. The first kappa shape index (κ1) is 22.6. The van der Waals surface area contributed by atoms with Crippen molar-refractivity contribution in [3.05, 3.63) is 53.1 Å². The van der Waals surface area contributed by atoms with Crippen LogP contribution in [0.25, 0.3) is 10.2 Å². The van der Waals surface area contributed by atoms with Crippen LogP contribution in [0.2, 0.25) is 0 Å². The third kappa shape index (κ3) is 4.85. The number of aryl methyl sites for hydroxylation is 1. The van der Waals surface area contributed by atoms with Crippen LogP contribution in [0.15, 0.2) is 36.4 Å². The molecular weight excluding hydrogens is 408 g/mol. The first-order valence-corrected chi connectivity index (χ1v) is 9.67. The fourth-order valence-corrected chi connectivity index (χ4v) is 3.88. The number of methoxy groups -OCH3 is 1. The average Bonchev–Trinajstić information content (AvgIpc) is 3.14. The summed E-state index contributed by atoms with van der Waals surface area (Å²) in [4.78, 5) is 21.7. The molecule has 29 heavy (non-hydrogen) atoms. The molecule has 1 aromatic heterocycles. The van der Waals surface area contributed by atoms with Crippen LogP contribution in [0.4, 0.5) is 5.13 Å². The number of amides is 1. The highest BCUT2D eigenvalue weighted by Crippen LogP contribution is 2.36. The lowest BCUT2D eigenvalue weighted by Crippen LogP contribution is -2.36. The number of carbonyl (C=O) groups excluding carboxylic acids is 1. The Morgan fingerprint density at radius 2 is 1.86 bits per heavy atom. The summed E-state index contributed by atoms with van der Waals surface area (Å²) in [7, 11) is 5.56. The fourth-order valence-electron chi connectivity index (χ4n) is 2.81. The molecule has 0 N–H and O–H groups in total. The zero-order chi connectivity index (χ0) is 20.3. The summed E-state index contributed by atoms with van der Waals surface area (Å²) >= 11 is 1.49. The molecule has 0 aliphatic carbocycles. The number of halogens is 1. The summed E-state index contributed by atoms with van der Waals surface area (Å²) in [6, 6.07) is 12.6. The molecule has 6 nitrogen and oxygen atoms in total. The van der Waals surface area contributed by atoms with Gasteiger partial charge < -0.3 is 9.64 Å². The smallest absolute Gasteiger partial charge is 0.260 e. The lowest BCUT2D eigenvalue weighted by molar-refractivity contribution is 0.0985. The second-order valence-corrected chi connectivity index (χ2v) is 7.69. The second kappa shape index (κ2) is 9.70. The molecule has 1 heterocycles. The first-order chi connectivity index (χ1) is 13.4. The van der Waals surface area contributed by atoms with E-state index in [4.69, 9.17) is 15.0 Å². The van der Waals surface area contributed by atoms with Crippen LogP contribution >= 0.6 is 23.7 Å². The number of aromatic nitrogens is 1. The monoisotopic (exact) mass is 430 g/mol. The van der Waals surface area contributed by atoms with Gasteiger partial charge in [-0.3, -0.25) is 9.69 Å². The van der Waals surface area contributed by atoms with Gasteiger partial charge in [0.1, 0.15) is 11.3 Å². The van der Waals surface area contributed by atoms with Gasteiger partial charge in [-0.05, 0) is 56.9 Å². The van der Waals surface area contributed by atoms with E-state index < -0.39 is 0 Å². The van der Waals surface area contributed by atoms with E-state index in [2.05, 4.69) is 6.07 Å². The normalized spacial score (nSPS) is 10.5. The number of ether oxygens (including phenoxy) is 1. The Hall–Kier alpha value is -2.66. The largest absolute Gasteiger partial charge is 0.494 e. The molecule has 0 fully saturated rings. The number of nitrogens with zero attached hydrogens (tertiary/aromatic N) is 4. The van der Waals surface area contributed by atoms with Crippen molar-refractivity contribution in [2.75, 3.05) is 39.2 Å². The van der Waals surface area contributed by atoms with E-state index in [9.17, 15) is 4.79 Å². The molecule has 2 aromatic carbocycles. The highest BCUT2D eigenvalue weighted by Gasteiger charge is 2.23. The van der Waals surface area contributed by atoms with Crippen molar-refractivity contribution in [2.45, 2.75) is 6.92 Å². The topological polar surface area (TPSA) is 69.5 Å². The van der Waals surface area contributed by atoms with Gasteiger partial charge in [0, 0.05) is 18.7 Å². The molecule has 0 aliphatic heterocycles. The summed E-state index contributed by atoms with van der Waals surface area (Å²) < 4.78 is 6.46. The van der Waals surface area contributed by atoms with Crippen LogP contribution in [0.3, 0.4) is 0 Å². The number of benzene rings is 2. The quantitative estimate of drug-likeness (QED) is 0.588. The van der Waals surface area contributed by atoms with E-state index in [0.29, 0.717) is 35.1 Å². The zero-order valence-corrected chi connectivity index (χ0v) is 18.4. The average molecular weight is 431 g/mol. The molecule has 0 bridgehead atoms. The predicted octanol–water partition coefficient (Wildman–Crippen LogP) is 4.12. The lowest BCUT2D eigenvalue weighted by atomic mass is 10.1. The van der Waals surface area contributed by atoms with Gasteiger partial charge in [0.2, 0.25) is 0 Å². The number of hydrogen-bond donors (Lipinski definition) is 0. The second-order valence-electron chi connectivity index (χ2n) is 6.71. The van der Waals surface area contributed by atoms with Crippen LogP contribution in [-0.2, 0) is 0 Å². The van der Waals surface area contributed by atoms with Gasteiger partial charge in [-0.1, -0.05) is 17.4 Å². The van der Waals surface area contributed by atoms with Crippen molar-refractivity contribution >= 4 is 45.0 Å². The maximum atomic E-state index is 13.2. The molecule has 3 aromatic rings. The lowest BCUT2D eigenvalue weighted by Gasteiger charge is -2.22. The summed E-state index contributed by atoms with van der Waals surface area (Å²) in [5.41, 5.74) is 2.92. The Morgan fingerprint density at radius 3 is 2.45 bits per heavy atom. The van der Waals surface area contributed by atoms with E-state index in [1.165, 1.54) is 11.3 Å². The molecular formula is C21H23ClN4O2S. The predicted molar refractivity (Wildman–Crippen MR) is 120 cm³/mol. The molecule has 0 radical (unpaired) electrons. The molecule has 152 valence electrons. The summed E-state index contributed by atoms with van der Waals surface area (Å²) in [5.74, 6) is 0.559. The minimum absolute atomic E-state index is 0. The number of anilines is 1. The van der Waals surface area contributed by atoms with Gasteiger partial charge >= 0.3 is 0 Å². The van der Waals surface area contributed by atoms with Crippen LogP contribution < -0.4 is 9.64 Å². The zero-order valence-electron chi connectivity index (χ0n) is 16.8. The highest BCUT2D eigenvalue weighted by molar-refractivity contribution is 7.22. The van der Waals surface area contributed by atoms with E-state index in [0.717, 1.165) is 15.8 Å². The van der Waals surface area contributed by atoms with Gasteiger partial charge in [0.15, 0.2) is 5.13 Å². The van der Waals surface area contributed by atoms with Crippen LogP contribution in [0.5, 0.6) is 5.75 Å². The van der Waals surface area contributed by atoms with Crippen molar-refractivity contribution in [2.24, 2.45) is 0 Å². The number of nitriles is 1. The summed E-state index contributed by atoms with van der Waals surface area (Å²) in [5, 5.41) is 9.62. The molecule has 0 spiro atoms. The molecule has 0 saturated carbocycles. The van der Waals surface area contributed by atoms with E-state index >= 15 is 0 Å². The standard InChI is InChI=1S/C21H22N4O2S.ClH/c1-14-5-10-17(27-4)18-19(14)28-21(23-18)25(12-11-24(2)3)20(26)16-8-6-15(13-22)7-9-16;/h5-10H,11-12H2,1-4H3;1H. The SMILES string of the molecule is COc1ccc(C)c2sc(N(CCN(C)C)C(=O)c3ccc(C#N)cc3)nc12.Cl. The van der Waals surface area contributed by atoms with Gasteiger partial charge in [-0.2, -0.15) is 5.26 Å². The summed E-state index contributed by atoms with van der Waals surface area (Å²) in [6.45, 7) is 3.23. The molecule has 1 amide bonds. The van der Waals surface area contributed by atoms with Gasteiger partial charge in [-0.25, -0.2) is 4.98 Å². The molecule has 0 atom stereocenters. The van der Waals surface area contributed by atoms with E-state index in [1.807, 2.05) is 38.1 Å². The van der Waals surface area contributed by atoms with Crippen molar-refractivity contribution in [3.63, 3.8) is 0 Å². The minimum atomic E-state index is -0.137. The van der Waals surface area contributed by atoms with Gasteiger partial charge in [0.05, 0.1) is 23.4 Å². The molecule has 0 aliphatic rings.